The lowest BCUT2D eigenvalue weighted by molar-refractivity contribution is -0.665. The average molecular weight is 292 g/mol. The first kappa shape index (κ1) is 16.0. The summed E-state index contributed by atoms with van der Waals surface area (Å²) in [7, 11) is 0. The molecule has 1 aromatic carbocycles. The van der Waals surface area contributed by atoms with Gasteiger partial charge in [-0.2, -0.15) is 0 Å². The predicted octanol–water partition coefficient (Wildman–Crippen LogP) is 1.41. The number of hydrogen-bond donors (Lipinski definition) is 2. The Morgan fingerprint density at radius 1 is 1.33 bits per heavy atom. The lowest BCUT2D eigenvalue weighted by Gasteiger charge is -2.35. The highest BCUT2D eigenvalue weighted by molar-refractivity contribution is 5.70. The molecular formula is C17H26NO3+. The van der Waals surface area contributed by atoms with Crippen LogP contribution < -0.4 is 5.32 Å². The minimum atomic E-state index is -0.797. The van der Waals surface area contributed by atoms with Crippen molar-refractivity contribution in [1.82, 2.24) is 0 Å². The number of aliphatic hydroxyl groups is 1. The summed E-state index contributed by atoms with van der Waals surface area (Å²) in [6, 6.07) is 9.23. The molecule has 0 radical (unpaired) electrons. The van der Waals surface area contributed by atoms with Gasteiger partial charge in [0.15, 0.2) is 0 Å². The molecule has 1 heterocycles. The van der Waals surface area contributed by atoms with Gasteiger partial charge in [0.1, 0.15) is 5.60 Å². The average Bonchev–Trinajstić information content (AvgIpc) is 2.48. The third-order valence-electron chi connectivity index (χ3n) is 4.34. The zero-order chi connectivity index (χ0) is 15.3. The van der Waals surface area contributed by atoms with E-state index in [1.165, 1.54) is 0 Å². The van der Waals surface area contributed by atoms with E-state index in [0.717, 1.165) is 31.5 Å². The van der Waals surface area contributed by atoms with Crippen LogP contribution in [0.2, 0.25) is 0 Å². The SMILES string of the molecule is CC(C)(OC(=O)CC(O)c1ccccc1)C1CC[NH2+]CC1. The third-order valence-corrected chi connectivity index (χ3v) is 4.34. The van der Waals surface area contributed by atoms with Crippen LogP contribution in [-0.4, -0.2) is 29.8 Å². The summed E-state index contributed by atoms with van der Waals surface area (Å²) >= 11 is 0. The normalized spacial score (nSPS) is 18.2. The molecule has 0 saturated carbocycles. The van der Waals surface area contributed by atoms with E-state index in [2.05, 4.69) is 5.32 Å². The summed E-state index contributed by atoms with van der Waals surface area (Å²) in [6.45, 7) is 6.15. The van der Waals surface area contributed by atoms with Crippen molar-refractivity contribution in [2.24, 2.45) is 5.92 Å². The molecule has 0 bridgehead atoms. The van der Waals surface area contributed by atoms with E-state index in [1.54, 1.807) is 0 Å². The number of carbonyl (C=O) groups is 1. The number of esters is 1. The number of rotatable bonds is 5. The Morgan fingerprint density at radius 2 is 1.95 bits per heavy atom. The smallest absolute Gasteiger partial charge is 0.309 e. The molecule has 1 saturated heterocycles. The monoisotopic (exact) mass is 292 g/mol. The van der Waals surface area contributed by atoms with Crippen molar-refractivity contribution >= 4 is 5.97 Å². The zero-order valence-electron chi connectivity index (χ0n) is 12.9. The number of quaternary nitrogens is 1. The molecule has 1 aliphatic rings. The summed E-state index contributed by atoms with van der Waals surface area (Å²) in [5.74, 6) is 0.0752. The van der Waals surface area contributed by atoms with Crippen LogP contribution in [0.4, 0.5) is 0 Å². The van der Waals surface area contributed by atoms with Crippen LogP contribution in [0.25, 0.3) is 0 Å². The Kier molecular flexibility index (Phi) is 5.37. The van der Waals surface area contributed by atoms with Gasteiger partial charge in [-0.3, -0.25) is 4.79 Å². The molecule has 1 aromatic rings. The molecule has 0 aliphatic carbocycles. The summed E-state index contributed by atoms with van der Waals surface area (Å²) in [6.07, 6.45) is 1.35. The van der Waals surface area contributed by atoms with E-state index in [4.69, 9.17) is 4.74 Å². The Hall–Kier alpha value is -1.39. The summed E-state index contributed by atoms with van der Waals surface area (Å²) in [5.41, 5.74) is 0.293. The summed E-state index contributed by atoms with van der Waals surface area (Å²) in [4.78, 5) is 12.1. The van der Waals surface area contributed by atoms with Gasteiger partial charge in [0.2, 0.25) is 0 Å². The minimum absolute atomic E-state index is 0.00624. The van der Waals surface area contributed by atoms with Crippen LogP contribution in [0.15, 0.2) is 30.3 Å². The van der Waals surface area contributed by atoms with E-state index < -0.39 is 11.7 Å². The molecule has 2 rings (SSSR count). The van der Waals surface area contributed by atoms with Crippen molar-refractivity contribution < 1.29 is 20.0 Å². The quantitative estimate of drug-likeness (QED) is 0.807. The Balaban J connectivity index is 1.88. The molecule has 0 aromatic heterocycles. The van der Waals surface area contributed by atoms with E-state index in [9.17, 15) is 9.90 Å². The van der Waals surface area contributed by atoms with Gasteiger partial charge in [0.05, 0.1) is 25.6 Å². The van der Waals surface area contributed by atoms with Crippen molar-refractivity contribution in [1.29, 1.82) is 0 Å². The van der Waals surface area contributed by atoms with Gasteiger partial charge >= 0.3 is 5.97 Å². The van der Waals surface area contributed by atoms with Crippen LogP contribution >= 0.6 is 0 Å². The topological polar surface area (TPSA) is 63.1 Å². The van der Waals surface area contributed by atoms with Gasteiger partial charge in [0.25, 0.3) is 0 Å². The molecule has 1 fully saturated rings. The van der Waals surface area contributed by atoms with Gasteiger partial charge < -0.3 is 15.2 Å². The Morgan fingerprint density at radius 3 is 2.57 bits per heavy atom. The maximum atomic E-state index is 12.1. The highest BCUT2D eigenvalue weighted by atomic mass is 16.6. The van der Waals surface area contributed by atoms with Gasteiger partial charge in [-0.05, 0) is 19.4 Å². The van der Waals surface area contributed by atoms with Crippen molar-refractivity contribution in [2.75, 3.05) is 13.1 Å². The fraction of sp³-hybridized carbons (Fsp3) is 0.588. The standard InChI is InChI=1S/C17H25NO3/c1-17(2,14-8-10-18-11-9-14)21-16(20)12-15(19)13-6-4-3-5-7-13/h3-7,14-15,18-19H,8-12H2,1-2H3/p+1. The number of piperidine rings is 1. The van der Waals surface area contributed by atoms with E-state index >= 15 is 0 Å². The third kappa shape index (κ3) is 4.55. The second kappa shape index (κ2) is 7.05. The van der Waals surface area contributed by atoms with Crippen molar-refractivity contribution in [3.8, 4) is 0 Å². The fourth-order valence-electron chi connectivity index (χ4n) is 2.99. The molecule has 4 heteroatoms. The molecular weight excluding hydrogens is 266 g/mol. The molecule has 1 atom stereocenters. The van der Waals surface area contributed by atoms with Gasteiger partial charge in [-0.15, -0.1) is 0 Å². The summed E-state index contributed by atoms with van der Waals surface area (Å²) < 4.78 is 5.66. The van der Waals surface area contributed by atoms with Gasteiger partial charge in [-0.25, -0.2) is 0 Å². The molecule has 21 heavy (non-hydrogen) atoms. The van der Waals surface area contributed by atoms with E-state index in [1.807, 2.05) is 44.2 Å². The van der Waals surface area contributed by atoms with Crippen molar-refractivity contribution in [3.05, 3.63) is 35.9 Å². The lowest BCUT2D eigenvalue weighted by Crippen LogP contribution is -2.86. The first-order valence-electron chi connectivity index (χ1n) is 7.75. The number of hydrogen-bond acceptors (Lipinski definition) is 3. The maximum absolute atomic E-state index is 12.1. The van der Waals surface area contributed by atoms with Crippen LogP contribution in [0.5, 0.6) is 0 Å². The molecule has 0 amide bonds. The molecule has 1 aliphatic heterocycles. The largest absolute Gasteiger partial charge is 0.459 e. The number of benzene rings is 1. The molecule has 3 N–H and O–H groups in total. The number of carbonyl (C=O) groups excluding carboxylic acids is 1. The second-order valence-corrected chi connectivity index (χ2v) is 6.35. The first-order chi connectivity index (χ1) is 9.99. The first-order valence-corrected chi connectivity index (χ1v) is 7.75. The van der Waals surface area contributed by atoms with E-state index in [-0.39, 0.29) is 12.4 Å². The van der Waals surface area contributed by atoms with Gasteiger partial charge in [0, 0.05) is 18.8 Å². The fourth-order valence-corrected chi connectivity index (χ4v) is 2.99. The molecule has 1 unspecified atom stereocenters. The van der Waals surface area contributed by atoms with Crippen LogP contribution in [-0.2, 0) is 9.53 Å². The van der Waals surface area contributed by atoms with Crippen molar-refractivity contribution in [2.45, 2.75) is 44.8 Å². The zero-order valence-corrected chi connectivity index (χ0v) is 12.9. The van der Waals surface area contributed by atoms with Gasteiger partial charge in [-0.1, -0.05) is 30.3 Å². The second-order valence-electron chi connectivity index (χ2n) is 6.35. The molecule has 4 nitrogen and oxygen atoms in total. The van der Waals surface area contributed by atoms with Crippen LogP contribution in [0.1, 0.15) is 44.8 Å². The van der Waals surface area contributed by atoms with Crippen LogP contribution in [0.3, 0.4) is 0 Å². The van der Waals surface area contributed by atoms with E-state index in [0.29, 0.717) is 5.92 Å². The Bertz CT molecular complexity index is 452. The van der Waals surface area contributed by atoms with Crippen LogP contribution in [0, 0.1) is 5.92 Å². The van der Waals surface area contributed by atoms with Crippen molar-refractivity contribution in [3.63, 3.8) is 0 Å². The summed E-state index contributed by atoms with van der Waals surface area (Å²) in [5, 5.41) is 12.4. The highest BCUT2D eigenvalue weighted by Gasteiger charge is 2.35. The lowest BCUT2D eigenvalue weighted by atomic mass is 9.83. The highest BCUT2D eigenvalue weighted by Crippen LogP contribution is 2.29. The number of aliphatic hydroxyl groups excluding tert-OH is 1. The maximum Gasteiger partial charge on any atom is 0.309 e. The molecule has 116 valence electrons. The minimum Gasteiger partial charge on any atom is -0.459 e. The predicted molar refractivity (Wildman–Crippen MR) is 80.6 cm³/mol. The molecule has 0 spiro atoms. The number of ether oxygens (including phenoxy) is 1. The number of nitrogens with two attached hydrogens (primary N) is 1. The Labute approximate surface area is 126 Å².